The summed E-state index contributed by atoms with van der Waals surface area (Å²) in [6.07, 6.45) is 0.796. The average molecular weight is 198 g/mol. The third kappa shape index (κ3) is 3.38. The van der Waals surface area contributed by atoms with Gasteiger partial charge in [-0.2, -0.15) is 0 Å². The maximum Gasteiger partial charge on any atom is 0.0692 e. The molecule has 2 N–H and O–H groups in total. The zero-order valence-corrected chi connectivity index (χ0v) is 8.26. The summed E-state index contributed by atoms with van der Waals surface area (Å²) in [7, 11) is 0. The lowest BCUT2D eigenvalue weighted by Gasteiger charge is -2.05. The topological polar surface area (TPSA) is 40.5 Å². The van der Waals surface area contributed by atoms with Gasteiger partial charge < -0.3 is 10.2 Å². The molecule has 72 valence electrons. The molecule has 2 nitrogen and oxygen atoms in total. The average Bonchev–Trinajstić information content (AvgIpc) is 2.19. The van der Waals surface area contributed by atoms with Gasteiger partial charge in [0.15, 0.2) is 0 Å². The second-order valence-corrected chi connectivity index (χ2v) is 3.83. The number of hydrogen-bond acceptors (Lipinski definition) is 3. The van der Waals surface area contributed by atoms with Crippen molar-refractivity contribution in [3.8, 4) is 0 Å². The van der Waals surface area contributed by atoms with Crippen molar-refractivity contribution < 1.29 is 10.2 Å². The Morgan fingerprint density at radius 2 is 1.92 bits per heavy atom. The summed E-state index contributed by atoms with van der Waals surface area (Å²) in [6, 6.07) is 7.79. The smallest absolute Gasteiger partial charge is 0.0692 e. The van der Waals surface area contributed by atoms with E-state index in [4.69, 9.17) is 10.2 Å². The van der Waals surface area contributed by atoms with Crippen molar-refractivity contribution in [1.82, 2.24) is 0 Å². The first-order chi connectivity index (χ1) is 6.38. The Morgan fingerprint density at radius 1 is 1.15 bits per heavy atom. The van der Waals surface area contributed by atoms with Crippen LogP contribution < -0.4 is 0 Å². The fourth-order valence-electron chi connectivity index (χ4n) is 1.02. The van der Waals surface area contributed by atoms with Gasteiger partial charge in [-0.15, -0.1) is 11.8 Å². The van der Waals surface area contributed by atoms with E-state index in [1.165, 1.54) is 0 Å². The number of aliphatic hydroxyl groups excluding tert-OH is 2. The summed E-state index contributed by atoms with van der Waals surface area (Å²) in [5, 5.41) is 17.6. The molecule has 0 radical (unpaired) electrons. The molecule has 0 aliphatic carbocycles. The summed E-state index contributed by atoms with van der Waals surface area (Å²) < 4.78 is 0. The van der Waals surface area contributed by atoms with E-state index in [0.717, 1.165) is 22.6 Å². The Bertz CT molecular complexity index is 250. The van der Waals surface area contributed by atoms with Gasteiger partial charge in [-0.05, 0) is 18.1 Å². The van der Waals surface area contributed by atoms with Gasteiger partial charge in [-0.1, -0.05) is 18.2 Å². The van der Waals surface area contributed by atoms with Crippen molar-refractivity contribution in [3.63, 3.8) is 0 Å². The van der Waals surface area contributed by atoms with Crippen LogP contribution in [-0.2, 0) is 6.61 Å². The molecule has 1 aromatic rings. The minimum atomic E-state index is 0.0856. The lowest BCUT2D eigenvalue weighted by atomic mass is 10.2. The van der Waals surface area contributed by atoms with E-state index in [9.17, 15) is 0 Å². The van der Waals surface area contributed by atoms with Crippen molar-refractivity contribution in [1.29, 1.82) is 0 Å². The lowest BCUT2D eigenvalue weighted by Crippen LogP contribution is -1.89. The van der Waals surface area contributed by atoms with Crippen LogP contribution in [0.2, 0.25) is 0 Å². The van der Waals surface area contributed by atoms with Crippen LogP contribution in [0.4, 0.5) is 0 Å². The molecule has 1 rings (SSSR count). The summed E-state index contributed by atoms with van der Waals surface area (Å²) in [6.45, 7) is 0.316. The standard InChI is InChI=1S/C10H14O2S/c11-6-3-7-13-10-5-2-1-4-9(10)8-12/h1-2,4-5,11-12H,3,6-8H2. The van der Waals surface area contributed by atoms with Gasteiger partial charge in [0.1, 0.15) is 0 Å². The number of aliphatic hydroxyl groups is 2. The van der Waals surface area contributed by atoms with Gasteiger partial charge in [0.05, 0.1) is 6.61 Å². The van der Waals surface area contributed by atoms with Crippen molar-refractivity contribution in [2.24, 2.45) is 0 Å². The highest BCUT2D eigenvalue weighted by Crippen LogP contribution is 2.22. The number of rotatable bonds is 5. The SMILES string of the molecule is OCCCSc1ccccc1CO. The fraction of sp³-hybridized carbons (Fsp3) is 0.400. The zero-order chi connectivity index (χ0) is 9.52. The largest absolute Gasteiger partial charge is 0.396 e. The van der Waals surface area contributed by atoms with Crippen LogP contribution in [0.25, 0.3) is 0 Å². The molecule has 1 aromatic carbocycles. The van der Waals surface area contributed by atoms with E-state index in [0.29, 0.717) is 0 Å². The molecule has 0 saturated carbocycles. The van der Waals surface area contributed by atoms with Gasteiger partial charge in [0.2, 0.25) is 0 Å². The van der Waals surface area contributed by atoms with E-state index in [-0.39, 0.29) is 13.2 Å². The van der Waals surface area contributed by atoms with Gasteiger partial charge in [0.25, 0.3) is 0 Å². The van der Waals surface area contributed by atoms with Crippen molar-refractivity contribution in [2.75, 3.05) is 12.4 Å². The predicted molar refractivity (Wildman–Crippen MR) is 54.8 cm³/mol. The van der Waals surface area contributed by atoms with Crippen LogP contribution >= 0.6 is 11.8 Å². The second-order valence-electron chi connectivity index (χ2n) is 2.69. The summed E-state index contributed by atoms with van der Waals surface area (Å²) in [5.41, 5.74) is 0.963. The highest BCUT2D eigenvalue weighted by molar-refractivity contribution is 7.99. The monoisotopic (exact) mass is 198 g/mol. The maximum absolute atomic E-state index is 9.01. The molecule has 3 heteroatoms. The fourth-order valence-corrected chi connectivity index (χ4v) is 2.01. The molecule has 13 heavy (non-hydrogen) atoms. The molecule has 0 fully saturated rings. The van der Waals surface area contributed by atoms with E-state index in [1.54, 1.807) is 11.8 Å². The van der Waals surface area contributed by atoms with E-state index in [1.807, 2.05) is 24.3 Å². The zero-order valence-electron chi connectivity index (χ0n) is 7.44. The number of benzene rings is 1. The van der Waals surface area contributed by atoms with Crippen molar-refractivity contribution >= 4 is 11.8 Å². The summed E-state index contributed by atoms with van der Waals surface area (Å²) >= 11 is 1.68. The molecule has 0 bridgehead atoms. The molecule has 0 atom stereocenters. The predicted octanol–water partition coefficient (Wildman–Crippen LogP) is 1.65. The Morgan fingerprint density at radius 3 is 2.62 bits per heavy atom. The van der Waals surface area contributed by atoms with Gasteiger partial charge in [-0.25, -0.2) is 0 Å². The van der Waals surface area contributed by atoms with E-state index in [2.05, 4.69) is 0 Å². The van der Waals surface area contributed by atoms with Crippen LogP contribution in [0.3, 0.4) is 0 Å². The third-order valence-electron chi connectivity index (χ3n) is 1.70. The quantitative estimate of drug-likeness (QED) is 0.558. The Balaban J connectivity index is 2.54. The first kappa shape index (κ1) is 10.6. The molecule has 0 amide bonds. The molecule has 0 saturated heterocycles. The molecule has 0 aliphatic rings. The number of thioether (sulfide) groups is 1. The molecule has 0 aliphatic heterocycles. The third-order valence-corrected chi connectivity index (χ3v) is 2.91. The summed E-state index contributed by atoms with van der Waals surface area (Å²) in [5.74, 6) is 0.896. The van der Waals surface area contributed by atoms with E-state index >= 15 is 0 Å². The minimum Gasteiger partial charge on any atom is -0.396 e. The normalized spacial score (nSPS) is 10.3. The molecule has 0 aromatic heterocycles. The van der Waals surface area contributed by atoms with Gasteiger partial charge >= 0.3 is 0 Å². The van der Waals surface area contributed by atoms with Crippen LogP contribution in [0.1, 0.15) is 12.0 Å². The van der Waals surface area contributed by atoms with Crippen LogP contribution in [0.5, 0.6) is 0 Å². The molecule has 0 heterocycles. The Labute approximate surface area is 82.6 Å². The van der Waals surface area contributed by atoms with Gasteiger partial charge in [0, 0.05) is 17.3 Å². The van der Waals surface area contributed by atoms with Crippen LogP contribution in [0, 0.1) is 0 Å². The highest BCUT2D eigenvalue weighted by atomic mass is 32.2. The molecule has 0 spiro atoms. The molecular formula is C10H14O2S. The second kappa shape index (κ2) is 6.02. The first-order valence-corrected chi connectivity index (χ1v) is 5.29. The van der Waals surface area contributed by atoms with Crippen molar-refractivity contribution in [3.05, 3.63) is 29.8 Å². The maximum atomic E-state index is 9.01. The first-order valence-electron chi connectivity index (χ1n) is 4.31. The summed E-state index contributed by atoms with van der Waals surface area (Å²) in [4.78, 5) is 1.11. The Kier molecular flexibility index (Phi) is 4.90. The lowest BCUT2D eigenvalue weighted by molar-refractivity contribution is 0.279. The molecular weight excluding hydrogens is 184 g/mol. The Hall–Kier alpha value is -0.510. The highest BCUT2D eigenvalue weighted by Gasteiger charge is 1.99. The van der Waals surface area contributed by atoms with Crippen LogP contribution in [-0.4, -0.2) is 22.6 Å². The van der Waals surface area contributed by atoms with Crippen LogP contribution in [0.15, 0.2) is 29.2 Å². The van der Waals surface area contributed by atoms with Gasteiger partial charge in [-0.3, -0.25) is 0 Å². The minimum absolute atomic E-state index is 0.0856. The number of hydrogen-bond donors (Lipinski definition) is 2. The molecule has 0 unspecified atom stereocenters. The van der Waals surface area contributed by atoms with Crippen molar-refractivity contribution in [2.45, 2.75) is 17.9 Å². The van der Waals surface area contributed by atoms with E-state index < -0.39 is 0 Å².